The second-order valence-corrected chi connectivity index (χ2v) is 43.6. The first-order valence-electron chi connectivity index (χ1n) is 14.3. The van der Waals surface area contributed by atoms with Crippen molar-refractivity contribution in [3.8, 4) is 0 Å². The zero-order chi connectivity index (χ0) is 36.5. The summed E-state index contributed by atoms with van der Waals surface area (Å²) < 4.78 is 0. The molecular formula is C27H46Cl12Si7. The van der Waals surface area contributed by atoms with Crippen molar-refractivity contribution in [3.05, 3.63) is 91.0 Å². The van der Waals surface area contributed by atoms with Crippen molar-refractivity contribution >= 4 is 202 Å². The zero-order valence-electron chi connectivity index (χ0n) is 26.9. The van der Waals surface area contributed by atoms with Gasteiger partial charge < -0.3 is 0 Å². The van der Waals surface area contributed by atoms with Crippen molar-refractivity contribution in [2.24, 2.45) is 0 Å². The molecular weight excluding hydrogens is 946 g/mol. The van der Waals surface area contributed by atoms with E-state index in [0.717, 1.165) is 11.2 Å². The van der Waals surface area contributed by atoms with Crippen LogP contribution in [0.25, 0.3) is 0 Å². The van der Waals surface area contributed by atoms with Crippen LogP contribution in [0.5, 0.6) is 0 Å². The lowest BCUT2D eigenvalue weighted by Gasteiger charge is -2.07. The van der Waals surface area contributed by atoms with E-state index in [-0.39, 0.29) is 0 Å². The Hall–Kier alpha value is 2.66. The third kappa shape index (κ3) is 48.8. The first kappa shape index (κ1) is 55.4. The Morgan fingerprint density at radius 1 is 0.435 bits per heavy atom. The van der Waals surface area contributed by atoms with Gasteiger partial charge in [0, 0.05) is 0 Å². The van der Waals surface area contributed by atoms with E-state index < -0.39 is 53.3 Å². The van der Waals surface area contributed by atoms with E-state index in [1.54, 1.807) is 0 Å². The van der Waals surface area contributed by atoms with Gasteiger partial charge in [-0.2, -0.15) is 77.6 Å². The maximum absolute atomic E-state index is 6.47. The number of hydrogen-bond acceptors (Lipinski definition) is 0. The minimum absolute atomic E-state index is 0.667. The minimum Gasteiger partial charge on any atom is -0.172 e. The molecule has 0 amide bonds. The van der Waals surface area contributed by atoms with Crippen LogP contribution in [0.2, 0.25) is 37.8 Å². The van der Waals surface area contributed by atoms with Crippen LogP contribution >= 0.6 is 133 Å². The summed E-state index contributed by atoms with van der Waals surface area (Å²) in [6, 6.07) is 33.8. The van der Waals surface area contributed by atoms with Gasteiger partial charge in [-0.25, -0.2) is 0 Å². The van der Waals surface area contributed by atoms with E-state index in [2.05, 4.69) is 51.2 Å². The molecule has 0 aromatic heterocycles. The Morgan fingerprint density at radius 3 is 0.783 bits per heavy atom. The molecule has 3 aromatic carbocycles. The van der Waals surface area contributed by atoms with E-state index in [1.165, 1.54) is 22.5 Å². The quantitative estimate of drug-likeness (QED) is 0.171. The lowest BCUT2D eigenvalue weighted by molar-refractivity contribution is 1.35. The van der Waals surface area contributed by atoms with Gasteiger partial charge in [0.2, 0.25) is 22.9 Å². The van der Waals surface area contributed by atoms with E-state index in [9.17, 15) is 0 Å². The van der Waals surface area contributed by atoms with Gasteiger partial charge in [0.1, 0.15) is 16.2 Å². The molecule has 0 N–H and O–H groups in total. The lowest BCUT2D eigenvalue weighted by Crippen LogP contribution is -2.36. The van der Waals surface area contributed by atoms with Gasteiger partial charge in [-0.15, -0.1) is 55.4 Å². The molecule has 0 bridgehead atoms. The van der Waals surface area contributed by atoms with Crippen molar-refractivity contribution in [2.45, 2.75) is 58.5 Å². The molecule has 0 nitrogen and oxygen atoms in total. The van der Waals surface area contributed by atoms with E-state index >= 15 is 0 Å². The first-order valence-corrected chi connectivity index (χ1v) is 42.9. The van der Waals surface area contributed by atoms with Crippen LogP contribution in [0, 0.1) is 0 Å². The number of hydrogen-bond donors (Lipinski definition) is 0. The Kier molecular flexibility index (Phi) is 48.7. The molecule has 0 spiro atoms. The van der Waals surface area contributed by atoms with Crippen molar-refractivity contribution in [1.82, 2.24) is 0 Å². The van der Waals surface area contributed by atoms with Gasteiger partial charge in [-0.3, -0.25) is 0 Å². The first-order chi connectivity index (χ1) is 21.5. The molecule has 46 heavy (non-hydrogen) atoms. The van der Waals surface area contributed by atoms with Crippen LogP contribution in [-0.4, -0.2) is 53.3 Å². The second-order valence-electron chi connectivity index (χ2n) is 8.89. The lowest BCUT2D eigenvalue weighted by atomic mass is 10.4. The highest BCUT2D eigenvalue weighted by molar-refractivity contribution is 7.54. The Bertz CT molecular complexity index is 917. The molecule has 0 aliphatic heterocycles. The predicted octanol–water partition coefficient (Wildman–Crippen LogP) is 11.0. The fourth-order valence-corrected chi connectivity index (χ4v) is 6.67. The molecule has 0 aliphatic carbocycles. The second kappa shape index (κ2) is 40.4. The van der Waals surface area contributed by atoms with Gasteiger partial charge >= 0.3 is 6.73 Å². The van der Waals surface area contributed by atoms with Crippen LogP contribution in [0.15, 0.2) is 91.0 Å². The molecule has 266 valence electrons. The summed E-state index contributed by atoms with van der Waals surface area (Å²) in [5, 5.41) is 3.64. The molecule has 0 fully saturated rings. The molecule has 0 atom stereocenters. The maximum atomic E-state index is 6.47. The molecule has 3 rings (SSSR count). The topological polar surface area (TPSA) is 0 Å². The van der Waals surface area contributed by atoms with Gasteiger partial charge in [0.25, 0.3) is 7.42 Å². The zero-order valence-corrected chi connectivity index (χ0v) is 44.0. The summed E-state index contributed by atoms with van der Waals surface area (Å²) in [6.07, 6.45) is 0. The Balaban J connectivity index is -0.000000241. The highest BCUT2D eigenvalue weighted by atomic mass is 35.8. The molecule has 0 saturated carbocycles. The average molecular weight is 993 g/mol. The Labute approximate surface area is 347 Å². The third-order valence-corrected chi connectivity index (χ3v) is 16.4. The number of benzene rings is 3. The van der Waals surface area contributed by atoms with Crippen molar-refractivity contribution in [3.63, 3.8) is 0 Å². The number of rotatable bonds is 6. The molecule has 0 unspecified atom stereocenters. The number of halogens is 12. The average Bonchev–Trinajstić information content (AvgIpc) is 3.01. The molecule has 0 saturated heterocycles. The smallest absolute Gasteiger partial charge is 0.172 e. The van der Waals surface area contributed by atoms with Crippen LogP contribution in [0.4, 0.5) is 0 Å². The minimum atomic E-state index is -1.72. The van der Waals surface area contributed by atoms with Gasteiger partial charge in [-0.05, 0) is 40.2 Å². The third-order valence-electron chi connectivity index (χ3n) is 4.43. The van der Waals surface area contributed by atoms with Crippen LogP contribution in [-0.2, 0) is 0 Å². The standard InChI is InChI=1S/C12H11ClSi.C6H6Cl2Si.C4H11ClSi.C2H6Cl2Si.C2H7ClSi.CH4Cl2Si.Cl3HSi/c13-14(11-7-3-1-4-8-11)12-9-5-2-6-10-12;7-9(8)6-4-2-1-3-5-6;1-3-6(5)4-2;1-2-5(3)4;3*1-4(2)3/h1-10,14H;1-5,9H;6H,3-4H2,1-2H3;5H,2H2,1H3;4H,1-2H3;4H,1H3;4H. The molecule has 3 aromatic rings. The highest BCUT2D eigenvalue weighted by Crippen LogP contribution is 2.01. The largest absolute Gasteiger partial charge is 0.326 e. The maximum Gasteiger partial charge on any atom is 0.326 e. The highest BCUT2D eigenvalue weighted by Gasteiger charge is 2.11. The normalized spacial score (nSPS) is 9.85. The predicted molar refractivity (Wildman–Crippen MR) is 248 cm³/mol. The van der Waals surface area contributed by atoms with Crippen molar-refractivity contribution < 1.29 is 0 Å². The van der Waals surface area contributed by atoms with Crippen molar-refractivity contribution in [2.75, 3.05) is 0 Å². The Morgan fingerprint density at radius 2 is 0.652 bits per heavy atom. The molecule has 0 aliphatic rings. The van der Waals surface area contributed by atoms with Crippen LogP contribution < -0.4 is 15.6 Å². The summed E-state index contributed by atoms with van der Waals surface area (Å²) in [5.41, 5.74) is 0. The summed E-state index contributed by atoms with van der Waals surface area (Å²) in [6.45, 7) is 10.6. The molecule has 0 heterocycles. The van der Waals surface area contributed by atoms with E-state index in [4.69, 9.17) is 133 Å². The molecule has 0 radical (unpaired) electrons. The summed E-state index contributed by atoms with van der Waals surface area (Å²) in [7, 11) is -6.79. The summed E-state index contributed by atoms with van der Waals surface area (Å²) in [5.74, 6) is 0. The fraction of sp³-hybridized carbons (Fsp3) is 0.333. The molecule has 19 heteroatoms. The summed E-state index contributed by atoms with van der Waals surface area (Å²) >= 11 is 65.0. The van der Waals surface area contributed by atoms with Crippen LogP contribution in [0.1, 0.15) is 20.8 Å². The van der Waals surface area contributed by atoms with Gasteiger partial charge in [0.15, 0.2) is 0 Å². The SMILES string of the molecule is CC[SiH](Cl)CC.CC[SiH](Cl)Cl.C[SiH](C)Cl.C[SiH](Cl)Cl.Cl[SiH](Cl)Cl.Cl[SiH](Cl)c1ccccc1.Cl[SiH](c1ccccc1)c1ccccc1. The van der Waals surface area contributed by atoms with Gasteiger partial charge in [0.05, 0.1) is 0 Å². The summed E-state index contributed by atoms with van der Waals surface area (Å²) in [4.78, 5) is 0. The van der Waals surface area contributed by atoms with Gasteiger partial charge in [-0.1, -0.05) is 125 Å². The van der Waals surface area contributed by atoms with Crippen molar-refractivity contribution in [1.29, 1.82) is 0 Å². The fourth-order valence-electron chi connectivity index (χ4n) is 2.32. The van der Waals surface area contributed by atoms with E-state index in [0.29, 0.717) is 0 Å². The van der Waals surface area contributed by atoms with Crippen LogP contribution in [0.3, 0.4) is 0 Å². The monoisotopic (exact) mass is 986 g/mol. The van der Waals surface area contributed by atoms with E-state index in [1.807, 2.05) is 80.2 Å².